The maximum absolute atomic E-state index is 6.04. The molecule has 0 radical (unpaired) electrons. The smallest absolute Gasteiger partial charge is 0.248 e. The summed E-state index contributed by atoms with van der Waals surface area (Å²) >= 11 is 3.33. The lowest BCUT2D eigenvalue weighted by Crippen LogP contribution is -2.03. The van der Waals surface area contributed by atoms with Crippen LogP contribution in [0, 0.1) is 0 Å². The third-order valence-corrected chi connectivity index (χ3v) is 3.14. The number of ether oxygens (including phenoxy) is 1. The SMILES string of the molecule is Nc1c(Nc2ccc(Br)cn2)ncnc1Oc1cccnc1. The molecule has 3 heterocycles. The molecule has 22 heavy (non-hydrogen) atoms. The van der Waals surface area contributed by atoms with Gasteiger partial charge in [0.1, 0.15) is 23.6 Å². The first-order valence-electron chi connectivity index (χ1n) is 6.29. The summed E-state index contributed by atoms with van der Waals surface area (Å²) in [5.74, 6) is 1.83. The maximum atomic E-state index is 6.04. The number of nitrogens with zero attached hydrogens (tertiary/aromatic N) is 4. The predicted molar refractivity (Wildman–Crippen MR) is 86.0 cm³/mol. The number of halogens is 1. The molecule has 7 nitrogen and oxygen atoms in total. The molecule has 3 aromatic rings. The molecule has 0 unspecified atom stereocenters. The van der Waals surface area contributed by atoms with E-state index in [0.29, 0.717) is 17.4 Å². The molecule has 0 saturated carbocycles. The highest BCUT2D eigenvalue weighted by Crippen LogP contribution is 2.30. The van der Waals surface area contributed by atoms with Crippen molar-refractivity contribution in [1.82, 2.24) is 19.9 Å². The van der Waals surface area contributed by atoms with Gasteiger partial charge in [0.15, 0.2) is 5.82 Å². The molecular formula is C14H11BrN6O. The van der Waals surface area contributed by atoms with Crippen LogP contribution in [0.3, 0.4) is 0 Å². The van der Waals surface area contributed by atoms with E-state index in [-0.39, 0.29) is 11.6 Å². The molecule has 3 N–H and O–H groups in total. The molecule has 0 aliphatic carbocycles. The Hall–Kier alpha value is -2.74. The average Bonchev–Trinajstić information content (AvgIpc) is 2.54. The standard InChI is InChI=1S/C14H11BrN6O/c15-9-3-4-11(18-6-9)21-13-12(16)14(20-8-19-13)22-10-2-1-5-17-7-10/h1-8H,16H2,(H,18,19,20,21). The van der Waals surface area contributed by atoms with E-state index in [2.05, 4.69) is 41.2 Å². The minimum atomic E-state index is 0.252. The van der Waals surface area contributed by atoms with E-state index in [1.807, 2.05) is 6.07 Å². The van der Waals surface area contributed by atoms with Crippen LogP contribution < -0.4 is 15.8 Å². The lowest BCUT2D eigenvalue weighted by molar-refractivity contribution is 0.462. The van der Waals surface area contributed by atoms with Crippen molar-refractivity contribution >= 4 is 33.3 Å². The molecule has 0 amide bonds. The Morgan fingerprint density at radius 2 is 2.00 bits per heavy atom. The van der Waals surface area contributed by atoms with Crippen molar-refractivity contribution in [1.29, 1.82) is 0 Å². The van der Waals surface area contributed by atoms with Gasteiger partial charge in [0.05, 0.1) is 6.20 Å². The zero-order valence-electron chi connectivity index (χ0n) is 11.3. The summed E-state index contributed by atoms with van der Waals surface area (Å²) < 4.78 is 6.48. The van der Waals surface area contributed by atoms with Gasteiger partial charge < -0.3 is 15.8 Å². The van der Waals surface area contributed by atoms with Gasteiger partial charge in [-0.2, -0.15) is 4.98 Å². The molecule has 0 aliphatic heterocycles. The maximum Gasteiger partial charge on any atom is 0.248 e. The Balaban J connectivity index is 1.84. The Bertz CT molecular complexity index is 766. The van der Waals surface area contributed by atoms with Crippen molar-refractivity contribution in [3.8, 4) is 11.6 Å². The van der Waals surface area contributed by atoms with Gasteiger partial charge in [-0.15, -0.1) is 0 Å². The van der Waals surface area contributed by atoms with Gasteiger partial charge >= 0.3 is 0 Å². The zero-order chi connectivity index (χ0) is 15.4. The number of pyridine rings is 2. The first kappa shape index (κ1) is 14.2. The van der Waals surface area contributed by atoms with Gasteiger partial charge in [0, 0.05) is 16.9 Å². The van der Waals surface area contributed by atoms with Gasteiger partial charge in [-0.25, -0.2) is 9.97 Å². The average molecular weight is 359 g/mol. The Morgan fingerprint density at radius 1 is 1.09 bits per heavy atom. The normalized spacial score (nSPS) is 10.2. The second kappa shape index (κ2) is 6.35. The van der Waals surface area contributed by atoms with Crippen LogP contribution in [0.5, 0.6) is 11.6 Å². The fourth-order valence-electron chi connectivity index (χ4n) is 1.65. The lowest BCUT2D eigenvalue weighted by atomic mass is 10.4. The number of hydrogen-bond donors (Lipinski definition) is 2. The quantitative estimate of drug-likeness (QED) is 0.738. The van der Waals surface area contributed by atoms with Crippen molar-refractivity contribution in [2.24, 2.45) is 0 Å². The molecule has 0 bridgehead atoms. The summed E-state index contributed by atoms with van der Waals surface area (Å²) in [6, 6.07) is 7.18. The topological polar surface area (TPSA) is 98.8 Å². The lowest BCUT2D eigenvalue weighted by Gasteiger charge is -2.11. The van der Waals surface area contributed by atoms with Gasteiger partial charge in [0.2, 0.25) is 5.88 Å². The van der Waals surface area contributed by atoms with Crippen LogP contribution in [0.25, 0.3) is 0 Å². The van der Waals surface area contributed by atoms with E-state index >= 15 is 0 Å². The number of aromatic nitrogens is 4. The molecule has 3 rings (SSSR count). The second-order valence-electron chi connectivity index (χ2n) is 4.22. The van der Waals surface area contributed by atoms with Crippen LogP contribution in [0.2, 0.25) is 0 Å². The van der Waals surface area contributed by atoms with Crippen molar-refractivity contribution < 1.29 is 4.74 Å². The highest BCUT2D eigenvalue weighted by Gasteiger charge is 2.11. The number of nitrogens with two attached hydrogens (primary N) is 1. The van der Waals surface area contributed by atoms with Gasteiger partial charge in [-0.3, -0.25) is 4.98 Å². The number of anilines is 3. The third-order valence-electron chi connectivity index (χ3n) is 2.67. The van der Waals surface area contributed by atoms with Crippen molar-refractivity contribution in [3.63, 3.8) is 0 Å². The summed E-state index contributed by atoms with van der Waals surface area (Å²) in [6.07, 6.45) is 6.27. The van der Waals surface area contributed by atoms with E-state index < -0.39 is 0 Å². The van der Waals surface area contributed by atoms with E-state index in [1.165, 1.54) is 6.33 Å². The fraction of sp³-hybridized carbons (Fsp3) is 0. The molecular weight excluding hydrogens is 348 g/mol. The van der Waals surface area contributed by atoms with E-state index in [0.717, 1.165) is 4.47 Å². The van der Waals surface area contributed by atoms with Crippen LogP contribution in [0.4, 0.5) is 17.3 Å². The predicted octanol–water partition coefficient (Wildman–Crippen LogP) is 3.15. The van der Waals surface area contributed by atoms with Crippen molar-refractivity contribution in [3.05, 3.63) is 53.7 Å². The summed E-state index contributed by atoms with van der Waals surface area (Å²) in [6.45, 7) is 0. The highest BCUT2D eigenvalue weighted by molar-refractivity contribution is 9.10. The molecule has 8 heteroatoms. The minimum absolute atomic E-state index is 0.252. The first-order valence-corrected chi connectivity index (χ1v) is 7.08. The van der Waals surface area contributed by atoms with Crippen LogP contribution in [0.1, 0.15) is 0 Å². The second-order valence-corrected chi connectivity index (χ2v) is 5.13. The molecule has 0 atom stereocenters. The Kier molecular flexibility index (Phi) is 4.10. The molecule has 110 valence electrons. The molecule has 0 fully saturated rings. The van der Waals surface area contributed by atoms with Crippen LogP contribution in [0.15, 0.2) is 53.7 Å². The fourth-order valence-corrected chi connectivity index (χ4v) is 1.89. The van der Waals surface area contributed by atoms with Crippen LogP contribution in [-0.4, -0.2) is 19.9 Å². The van der Waals surface area contributed by atoms with Gasteiger partial charge in [-0.1, -0.05) is 0 Å². The molecule has 0 aromatic carbocycles. The van der Waals surface area contributed by atoms with E-state index in [9.17, 15) is 0 Å². The van der Waals surface area contributed by atoms with E-state index in [1.54, 1.807) is 36.8 Å². The van der Waals surface area contributed by atoms with Crippen molar-refractivity contribution in [2.45, 2.75) is 0 Å². The minimum Gasteiger partial charge on any atom is -0.435 e. The summed E-state index contributed by atoms with van der Waals surface area (Å²) in [4.78, 5) is 16.3. The zero-order valence-corrected chi connectivity index (χ0v) is 12.9. The molecule has 0 aliphatic rings. The Labute approximate surface area is 134 Å². The van der Waals surface area contributed by atoms with Gasteiger partial charge in [0.25, 0.3) is 0 Å². The van der Waals surface area contributed by atoms with Crippen molar-refractivity contribution in [2.75, 3.05) is 11.1 Å². The number of hydrogen-bond acceptors (Lipinski definition) is 7. The largest absolute Gasteiger partial charge is 0.435 e. The highest BCUT2D eigenvalue weighted by atomic mass is 79.9. The van der Waals surface area contributed by atoms with E-state index in [4.69, 9.17) is 10.5 Å². The molecule has 0 saturated heterocycles. The molecule has 0 spiro atoms. The number of rotatable bonds is 4. The van der Waals surface area contributed by atoms with Crippen LogP contribution in [-0.2, 0) is 0 Å². The summed E-state index contributed by atoms with van der Waals surface area (Å²) in [5.41, 5.74) is 6.33. The van der Waals surface area contributed by atoms with Crippen LogP contribution >= 0.6 is 15.9 Å². The Morgan fingerprint density at radius 3 is 2.73 bits per heavy atom. The molecule has 3 aromatic heterocycles. The number of nitrogens with one attached hydrogen (secondary N) is 1. The third kappa shape index (κ3) is 3.29. The summed E-state index contributed by atoms with van der Waals surface area (Å²) in [5, 5.41) is 3.02. The van der Waals surface area contributed by atoms with Gasteiger partial charge in [-0.05, 0) is 40.2 Å². The first-order chi connectivity index (χ1) is 10.7. The summed E-state index contributed by atoms with van der Waals surface area (Å²) in [7, 11) is 0. The number of nitrogen functional groups attached to an aromatic ring is 1. The monoisotopic (exact) mass is 358 g/mol.